The first-order valence-electron chi connectivity index (χ1n) is 4.50. The van der Waals surface area contributed by atoms with E-state index in [1.165, 1.54) is 0 Å². The SMILES string of the molecule is Cn1cccc1C(=O)NOC(C)(C)C. The second-order valence-electron chi connectivity index (χ2n) is 4.15. The second-order valence-corrected chi connectivity index (χ2v) is 4.15. The summed E-state index contributed by atoms with van der Waals surface area (Å²) in [4.78, 5) is 16.7. The largest absolute Gasteiger partial charge is 0.347 e. The van der Waals surface area contributed by atoms with Crippen LogP contribution in [-0.2, 0) is 11.9 Å². The molecule has 1 amide bonds. The highest BCUT2D eigenvalue weighted by Gasteiger charge is 2.14. The van der Waals surface area contributed by atoms with Crippen molar-refractivity contribution in [2.24, 2.45) is 7.05 Å². The number of aromatic nitrogens is 1. The molecule has 0 radical (unpaired) electrons. The summed E-state index contributed by atoms with van der Waals surface area (Å²) in [5.74, 6) is -0.229. The zero-order valence-corrected chi connectivity index (χ0v) is 9.00. The Morgan fingerprint density at radius 3 is 2.57 bits per heavy atom. The van der Waals surface area contributed by atoms with Crippen LogP contribution in [0.4, 0.5) is 0 Å². The van der Waals surface area contributed by atoms with Crippen LogP contribution < -0.4 is 5.48 Å². The average molecular weight is 196 g/mol. The lowest BCUT2D eigenvalue weighted by Crippen LogP contribution is -2.34. The Bertz CT molecular complexity index is 323. The summed E-state index contributed by atoms with van der Waals surface area (Å²) in [5, 5.41) is 0. The fourth-order valence-corrected chi connectivity index (χ4v) is 0.949. The number of amides is 1. The number of carbonyl (C=O) groups is 1. The molecule has 78 valence electrons. The first-order valence-corrected chi connectivity index (χ1v) is 4.50. The van der Waals surface area contributed by atoms with Crippen molar-refractivity contribution in [2.45, 2.75) is 26.4 Å². The minimum atomic E-state index is -0.374. The molecule has 0 fully saturated rings. The molecule has 0 aliphatic carbocycles. The molecule has 0 spiro atoms. The summed E-state index contributed by atoms with van der Waals surface area (Å²) in [5.41, 5.74) is 2.61. The van der Waals surface area contributed by atoms with Gasteiger partial charge in [0.1, 0.15) is 5.69 Å². The first-order chi connectivity index (χ1) is 6.40. The van der Waals surface area contributed by atoms with E-state index in [9.17, 15) is 4.79 Å². The summed E-state index contributed by atoms with van der Waals surface area (Å²) in [6, 6.07) is 3.55. The van der Waals surface area contributed by atoms with Crippen molar-refractivity contribution in [2.75, 3.05) is 0 Å². The molecule has 0 bridgehead atoms. The Morgan fingerprint density at radius 2 is 2.14 bits per heavy atom. The highest BCUT2D eigenvalue weighted by atomic mass is 16.7. The normalized spacial score (nSPS) is 11.4. The molecule has 1 rings (SSSR count). The van der Waals surface area contributed by atoms with Gasteiger partial charge in [-0.25, -0.2) is 5.48 Å². The van der Waals surface area contributed by atoms with Gasteiger partial charge in [-0.05, 0) is 32.9 Å². The van der Waals surface area contributed by atoms with Gasteiger partial charge in [0, 0.05) is 13.2 Å². The standard InChI is InChI=1S/C10H16N2O2/c1-10(2,3)14-11-9(13)8-6-5-7-12(8)4/h5-7H,1-4H3,(H,11,13). The van der Waals surface area contributed by atoms with Crippen molar-refractivity contribution in [1.29, 1.82) is 0 Å². The van der Waals surface area contributed by atoms with Crippen LogP contribution in [0.3, 0.4) is 0 Å². The maximum atomic E-state index is 11.5. The van der Waals surface area contributed by atoms with E-state index < -0.39 is 0 Å². The molecule has 1 N–H and O–H groups in total. The lowest BCUT2D eigenvalue weighted by molar-refractivity contribution is -0.0592. The molecule has 0 unspecified atom stereocenters. The number of hydrogen-bond donors (Lipinski definition) is 1. The molecule has 14 heavy (non-hydrogen) atoms. The fraction of sp³-hybridized carbons (Fsp3) is 0.500. The van der Waals surface area contributed by atoms with Crippen LogP contribution in [-0.4, -0.2) is 16.1 Å². The molecule has 0 atom stereocenters. The van der Waals surface area contributed by atoms with Crippen molar-refractivity contribution < 1.29 is 9.63 Å². The van der Waals surface area contributed by atoms with E-state index in [4.69, 9.17) is 4.84 Å². The monoisotopic (exact) mass is 196 g/mol. The first kappa shape index (κ1) is 10.8. The van der Waals surface area contributed by atoms with Crippen molar-refractivity contribution in [3.8, 4) is 0 Å². The van der Waals surface area contributed by atoms with Gasteiger partial charge in [0.15, 0.2) is 0 Å². The number of rotatable bonds is 2. The number of nitrogens with one attached hydrogen (secondary N) is 1. The van der Waals surface area contributed by atoms with Crippen LogP contribution in [0.1, 0.15) is 31.3 Å². The number of hydroxylamine groups is 1. The van der Waals surface area contributed by atoms with E-state index in [0.717, 1.165) is 0 Å². The molecule has 1 aromatic heterocycles. The van der Waals surface area contributed by atoms with Crippen LogP contribution in [0, 0.1) is 0 Å². The molecular weight excluding hydrogens is 180 g/mol. The van der Waals surface area contributed by atoms with Crippen LogP contribution in [0.25, 0.3) is 0 Å². The molecule has 4 nitrogen and oxygen atoms in total. The Morgan fingerprint density at radius 1 is 1.50 bits per heavy atom. The van der Waals surface area contributed by atoms with Crippen molar-refractivity contribution in [3.05, 3.63) is 24.0 Å². The van der Waals surface area contributed by atoms with E-state index in [1.807, 2.05) is 40.1 Å². The van der Waals surface area contributed by atoms with E-state index >= 15 is 0 Å². The molecule has 0 saturated heterocycles. The van der Waals surface area contributed by atoms with Gasteiger partial charge >= 0.3 is 0 Å². The van der Waals surface area contributed by atoms with Crippen molar-refractivity contribution in [3.63, 3.8) is 0 Å². The van der Waals surface area contributed by atoms with Crippen molar-refractivity contribution in [1.82, 2.24) is 10.0 Å². The van der Waals surface area contributed by atoms with E-state index in [1.54, 1.807) is 10.6 Å². The maximum Gasteiger partial charge on any atom is 0.291 e. The van der Waals surface area contributed by atoms with Crippen LogP contribution in [0.5, 0.6) is 0 Å². The van der Waals surface area contributed by atoms with E-state index in [0.29, 0.717) is 5.69 Å². The minimum absolute atomic E-state index is 0.229. The Hall–Kier alpha value is -1.29. The predicted molar refractivity (Wildman–Crippen MR) is 53.7 cm³/mol. The van der Waals surface area contributed by atoms with Crippen LogP contribution >= 0.6 is 0 Å². The third-order valence-corrected chi connectivity index (χ3v) is 1.63. The number of hydrogen-bond acceptors (Lipinski definition) is 2. The third kappa shape index (κ3) is 2.88. The molecule has 0 saturated carbocycles. The quantitative estimate of drug-likeness (QED) is 0.728. The lowest BCUT2D eigenvalue weighted by Gasteiger charge is -2.18. The van der Waals surface area contributed by atoms with Crippen LogP contribution in [0.15, 0.2) is 18.3 Å². The number of carbonyl (C=O) groups excluding carboxylic acids is 1. The summed E-state index contributed by atoms with van der Waals surface area (Å²) in [6.45, 7) is 5.62. The fourth-order valence-electron chi connectivity index (χ4n) is 0.949. The maximum absolute atomic E-state index is 11.5. The zero-order valence-electron chi connectivity index (χ0n) is 9.00. The average Bonchev–Trinajstić information content (AvgIpc) is 2.46. The molecule has 0 aliphatic heterocycles. The zero-order chi connectivity index (χ0) is 10.8. The Kier molecular flexibility index (Phi) is 2.96. The molecule has 0 aromatic carbocycles. The predicted octanol–water partition coefficient (Wildman–Crippen LogP) is 1.48. The lowest BCUT2D eigenvalue weighted by atomic mass is 10.2. The number of nitrogens with zero attached hydrogens (tertiary/aromatic N) is 1. The highest BCUT2D eigenvalue weighted by molar-refractivity contribution is 5.91. The Labute approximate surface area is 83.8 Å². The van der Waals surface area contributed by atoms with Crippen LogP contribution in [0.2, 0.25) is 0 Å². The number of aryl methyl sites for hydroxylation is 1. The minimum Gasteiger partial charge on any atom is -0.347 e. The van der Waals surface area contributed by atoms with Gasteiger partial charge in [-0.1, -0.05) is 0 Å². The highest BCUT2D eigenvalue weighted by Crippen LogP contribution is 2.05. The van der Waals surface area contributed by atoms with Gasteiger partial charge in [-0.3, -0.25) is 9.63 Å². The van der Waals surface area contributed by atoms with Gasteiger partial charge in [0.25, 0.3) is 5.91 Å². The smallest absolute Gasteiger partial charge is 0.291 e. The van der Waals surface area contributed by atoms with Gasteiger partial charge in [-0.2, -0.15) is 0 Å². The topological polar surface area (TPSA) is 43.3 Å². The Balaban J connectivity index is 2.56. The van der Waals surface area contributed by atoms with Gasteiger partial charge in [0.2, 0.25) is 0 Å². The van der Waals surface area contributed by atoms with Gasteiger partial charge < -0.3 is 4.57 Å². The molecule has 4 heteroatoms. The molecule has 1 aromatic rings. The van der Waals surface area contributed by atoms with Gasteiger partial charge in [-0.15, -0.1) is 0 Å². The summed E-state index contributed by atoms with van der Waals surface area (Å²) in [6.07, 6.45) is 1.81. The summed E-state index contributed by atoms with van der Waals surface area (Å²) in [7, 11) is 1.81. The van der Waals surface area contributed by atoms with Crippen molar-refractivity contribution >= 4 is 5.91 Å². The van der Waals surface area contributed by atoms with Gasteiger partial charge in [0.05, 0.1) is 5.60 Å². The summed E-state index contributed by atoms with van der Waals surface area (Å²) < 4.78 is 1.74. The summed E-state index contributed by atoms with van der Waals surface area (Å²) >= 11 is 0. The van der Waals surface area contributed by atoms with E-state index in [2.05, 4.69) is 5.48 Å². The van der Waals surface area contributed by atoms with E-state index in [-0.39, 0.29) is 11.5 Å². The molecule has 1 heterocycles. The second kappa shape index (κ2) is 3.84. The molecule has 0 aliphatic rings. The molecular formula is C10H16N2O2. The third-order valence-electron chi connectivity index (χ3n) is 1.63.